The molecule has 2 saturated carbocycles. The number of nitrogens with zero attached hydrogens (tertiary/aromatic N) is 3. The predicted molar refractivity (Wildman–Crippen MR) is 233 cm³/mol. The Hall–Kier alpha value is -4.92. The number of rotatable bonds is 19. The Morgan fingerprint density at radius 3 is 2.52 bits per heavy atom. The first-order valence-corrected chi connectivity index (χ1v) is 23.7. The second-order valence-corrected chi connectivity index (χ2v) is 20.5. The Morgan fingerprint density at radius 2 is 1.86 bits per heavy atom. The number of carbonyl (C=O) groups excluding carboxylic acids is 4. The number of amides is 4. The van der Waals surface area contributed by atoms with E-state index in [2.05, 4.69) is 25.5 Å². The van der Waals surface area contributed by atoms with Gasteiger partial charge in [0, 0.05) is 36.4 Å². The van der Waals surface area contributed by atoms with Crippen LogP contribution in [0.15, 0.2) is 36.5 Å². The van der Waals surface area contributed by atoms with Crippen LogP contribution in [-0.4, -0.2) is 110 Å². The van der Waals surface area contributed by atoms with Gasteiger partial charge in [0.15, 0.2) is 5.75 Å². The van der Waals surface area contributed by atoms with Crippen LogP contribution in [0.5, 0.6) is 11.6 Å². The molecule has 2 aliphatic carbocycles. The van der Waals surface area contributed by atoms with E-state index in [-0.39, 0.29) is 43.5 Å². The summed E-state index contributed by atoms with van der Waals surface area (Å²) in [7, 11) is -2.17. The first-order valence-electron chi connectivity index (χ1n) is 22.2. The summed E-state index contributed by atoms with van der Waals surface area (Å²) in [6, 6.07) is 3.19. The minimum absolute atomic E-state index is 0.0164. The number of ether oxygens (including phenoxy) is 3. The third kappa shape index (κ3) is 11.0. The van der Waals surface area contributed by atoms with Gasteiger partial charge in [0.2, 0.25) is 39.2 Å². The van der Waals surface area contributed by atoms with Gasteiger partial charge in [0.25, 0.3) is 0 Å². The summed E-state index contributed by atoms with van der Waals surface area (Å²) >= 11 is 0. The standard InChI is InChI=1S/C44H61F4N7O9S/c1-6-27(22-26(2)10-7-8-11-28-12-9-13-30(28)38(57)53-65(60,61)43(25-45)17-18-43)35(51-52-41(59)64-42(3,4)44(46,47)48)40(58)55-24-29(23-34(55)37(49)56)63-39-32-14-15-33-36(31(32)16-19-50-39)62-21-20-54(33)5/h8,11,14-16,19,26-30,34-35,51H,6-7,9-10,12-13,17-18,20-25H2,1-5H3,(H2,49,56)(H,52,59)(H,53,57)/b11-8-/t26-,27+,28+,29+,30?,34-,35-/m0/s1. The lowest BCUT2D eigenvalue weighted by atomic mass is 9.85. The molecule has 7 atom stereocenters. The number of carbonyl (C=O) groups is 4. The number of primary amides is 1. The van der Waals surface area contributed by atoms with E-state index in [1.165, 1.54) is 4.90 Å². The fourth-order valence-corrected chi connectivity index (χ4v) is 10.4. The number of hydrogen-bond acceptors (Lipinski definition) is 12. The van der Waals surface area contributed by atoms with E-state index in [1.807, 2.05) is 51.2 Å². The van der Waals surface area contributed by atoms with Gasteiger partial charge >= 0.3 is 12.3 Å². The molecule has 3 heterocycles. The SMILES string of the molecule is CC[C@H](C[C@@H](C)CC/C=C\[C@@H]1CCCC1C(=O)NS(=O)(=O)C1(CF)CC1)[C@H](NNC(=O)OC(C)(C)C(F)(F)F)C(=O)N1C[C@H](Oc2nccc3c4c(ccc23)N(C)CCO4)C[C@H]1C(N)=O. The summed E-state index contributed by atoms with van der Waals surface area (Å²) in [6.07, 6.45) is 2.54. The van der Waals surface area contributed by atoms with Gasteiger partial charge in [-0.1, -0.05) is 38.8 Å². The summed E-state index contributed by atoms with van der Waals surface area (Å²) in [5, 5.41) is 1.42. The highest BCUT2D eigenvalue weighted by Crippen LogP contribution is 2.44. The summed E-state index contributed by atoms with van der Waals surface area (Å²) in [5.41, 5.74) is 8.69. The second kappa shape index (κ2) is 19.9. The van der Waals surface area contributed by atoms with Crippen molar-refractivity contribution in [2.24, 2.45) is 29.4 Å². The van der Waals surface area contributed by atoms with Crippen LogP contribution in [0.4, 0.5) is 28.0 Å². The maximum absolute atomic E-state index is 14.6. The van der Waals surface area contributed by atoms with Gasteiger partial charge in [-0.25, -0.2) is 28.0 Å². The number of alkyl halides is 4. The Bertz CT molecular complexity index is 2220. The molecule has 16 nitrogen and oxygen atoms in total. The van der Waals surface area contributed by atoms with Gasteiger partial charge in [-0.05, 0) is 94.7 Å². The molecule has 2 aromatic rings. The fourth-order valence-electron chi connectivity index (χ4n) is 9.01. The zero-order valence-corrected chi connectivity index (χ0v) is 38.2. The van der Waals surface area contributed by atoms with Crippen LogP contribution >= 0.6 is 0 Å². The number of anilines is 1. The molecule has 0 bridgehead atoms. The molecule has 4 amide bonds. The number of likely N-dealkylation sites (N-methyl/N-ethyl adjacent to an activating group) is 1. The van der Waals surface area contributed by atoms with Crippen molar-refractivity contribution < 1.29 is 59.4 Å². The van der Waals surface area contributed by atoms with Gasteiger partial charge in [-0.3, -0.25) is 24.5 Å². The molecule has 5 N–H and O–H groups in total. The molecule has 65 heavy (non-hydrogen) atoms. The summed E-state index contributed by atoms with van der Waals surface area (Å²) in [5.74, 6) is -2.48. The van der Waals surface area contributed by atoms with Crippen molar-refractivity contribution in [1.29, 1.82) is 0 Å². The molecule has 3 fully saturated rings. The molecule has 1 aromatic carbocycles. The monoisotopic (exact) mass is 939 g/mol. The van der Waals surface area contributed by atoms with E-state index in [0.29, 0.717) is 76.7 Å². The smallest absolute Gasteiger partial charge is 0.427 e. The molecule has 1 unspecified atom stereocenters. The summed E-state index contributed by atoms with van der Waals surface area (Å²) < 4.78 is 97.4. The van der Waals surface area contributed by atoms with Crippen molar-refractivity contribution in [2.75, 3.05) is 38.3 Å². The van der Waals surface area contributed by atoms with Crippen LogP contribution in [0, 0.1) is 23.7 Å². The molecule has 21 heteroatoms. The Labute approximate surface area is 376 Å². The Kier molecular flexibility index (Phi) is 15.2. The number of benzene rings is 1. The van der Waals surface area contributed by atoms with E-state index < -0.39 is 87.1 Å². The topological polar surface area (TPSA) is 212 Å². The number of sulfonamides is 1. The van der Waals surface area contributed by atoms with Crippen LogP contribution in [-0.2, 0) is 29.1 Å². The third-order valence-electron chi connectivity index (χ3n) is 13.4. The molecule has 1 saturated heterocycles. The lowest BCUT2D eigenvalue weighted by molar-refractivity contribution is -0.244. The molecule has 4 aliphatic rings. The zero-order valence-electron chi connectivity index (χ0n) is 37.4. The maximum Gasteiger partial charge on any atom is 0.427 e. The molecule has 1 aromatic heterocycles. The zero-order chi connectivity index (χ0) is 47.5. The van der Waals surface area contributed by atoms with Crippen molar-refractivity contribution >= 4 is 50.3 Å². The molecular formula is C44H61F4N7O9S. The summed E-state index contributed by atoms with van der Waals surface area (Å²) in [6.45, 7) is 5.23. The lowest BCUT2D eigenvalue weighted by Crippen LogP contribution is -2.59. The van der Waals surface area contributed by atoms with Crippen LogP contribution < -0.4 is 35.7 Å². The van der Waals surface area contributed by atoms with E-state index >= 15 is 0 Å². The Morgan fingerprint density at radius 1 is 1.12 bits per heavy atom. The van der Waals surface area contributed by atoms with Gasteiger partial charge in [0.05, 0.1) is 18.8 Å². The van der Waals surface area contributed by atoms with Crippen LogP contribution in [0.25, 0.3) is 10.8 Å². The molecular weight excluding hydrogens is 879 g/mol. The van der Waals surface area contributed by atoms with Gasteiger partial charge in [-0.2, -0.15) is 13.2 Å². The molecule has 360 valence electrons. The number of hydrogen-bond donors (Lipinski definition) is 4. The van der Waals surface area contributed by atoms with E-state index in [4.69, 9.17) is 19.9 Å². The first kappa shape index (κ1) is 49.5. The number of aromatic nitrogens is 1. The Balaban J connectivity index is 1.14. The minimum atomic E-state index is -4.89. The van der Waals surface area contributed by atoms with Crippen LogP contribution in [0.3, 0.4) is 0 Å². The fraction of sp³-hybridized carbons (Fsp3) is 0.659. The van der Waals surface area contributed by atoms with Crippen molar-refractivity contribution in [3.8, 4) is 11.6 Å². The van der Waals surface area contributed by atoms with E-state index in [9.17, 15) is 45.2 Å². The molecule has 0 spiro atoms. The number of nitrogens with one attached hydrogen (secondary N) is 3. The number of likely N-dealkylation sites (tertiary alicyclic amines) is 1. The average Bonchev–Trinajstić information content (AvgIpc) is 3.73. The van der Waals surface area contributed by atoms with Crippen molar-refractivity contribution in [2.45, 2.75) is 127 Å². The number of allylic oxidation sites excluding steroid dienone is 2. The second-order valence-electron chi connectivity index (χ2n) is 18.4. The molecule has 6 rings (SSSR count). The van der Waals surface area contributed by atoms with Crippen molar-refractivity contribution in [1.82, 2.24) is 25.5 Å². The first-order chi connectivity index (χ1) is 30.6. The van der Waals surface area contributed by atoms with Gasteiger partial charge in [-0.15, -0.1) is 0 Å². The largest absolute Gasteiger partial charge is 0.489 e. The van der Waals surface area contributed by atoms with Crippen molar-refractivity contribution in [3.05, 3.63) is 36.5 Å². The highest BCUT2D eigenvalue weighted by molar-refractivity contribution is 7.91. The lowest BCUT2D eigenvalue weighted by Gasteiger charge is -2.34. The number of halogens is 4. The van der Waals surface area contributed by atoms with Crippen molar-refractivity contribution in [3.63, 3.8) is 0 Å². The summed E-state index contributed by atoms with van der Waals surface area (Å²) in [4.78, 5) is 61.2. The number of fused-ring (bicyclic) bond motifs is 3. The van der Waals surface area contributed by atoms with E-state index in [1.54, 1.807) is 6.20 Å². The average molecular weight is 940 g/mol. The third-order valence-corrected chi connectivity index (χ3v) is 15.5. The quantitative estimate of drug-likeness (QED) is 0.0772. The van der Waals surface area contributed by atoms with Crippen LogP contribution in [0.2, 0.25) is 0 Å². The number of hydrazine groups is 1. The van der Waals surface area contributed by atoms with Gasteiger partial charge < -0.3 is 29.7 Å². The molecule has 2 aliphatic heterocycles. The normalized spacial score (nSPS) is 23.3. The number of pyridine rings is 1. The highest BCUT2D eigenvalue weighted by atomic mass is 32.2. The van der Waals surface area contributed by atoms with E-state index in [0.717, 1.165) is 17.5 Å². The maximum atomic E-state index is 14.6. The predicted octanol–water partition coefficient (Wildman–Crippen LogP) is 5.59. The van der Waals surface area contributed by atoms with Crippen LogP contribution in [0.1, 0.15) is 91.9 Å². The minimum Gasteiger partial charge on any atom is -0.489 e. The molecule has 0 radical (unpaired) electrons. The number of nitrogens with two attached hydrogens (primary N) is 1. The van der Waals surface area contributed by atoms with Gasteiger partial charge in [0.1, 0.15) is 36.2 Å². The highest BCUT2D eigenvalue weighted by Gasteiger charge is 2.56.